The molecule has 0 saturated heterocycles. The number of hydrogen-bond acceptors (Lipinski definition) is 1. The predicted octanol–water partition coefficient (Wildman–Crippen LogP) is 7.49. The van der Waals surface area contributed by atoms with E-state index < -0.39 is 23.6 Å². The van der Waals surface area contributed by atoms with Gasteiger partial charge in [-0.25, -0.2) is 4.39 Å². The minimum atomic E-state index is -4.77. The summed E-state index contributed by atoms with van der Waals surface area (Å²) in [6, 6.07) is 11.9. The van der Waals surface area contributed by atoms with E-state index in [9.17, 15) is 22.4 Å². The number of nitrogens with one attached hydrogen (secondary N) is 1. The van der Waals surface area contributed by atoms with Gasteiger partial charge in [-0.2, -0.15) is 13.2 Å². The van der Waals surface area contributed by atoms with Gasteiger partial charge in [0.25, 0.3) is 5.91 Å². The lowest BCUT2D eigenvalue weighted by molar-refractivity contribution is -0.143. The third kappa shape index (κ3) is 5.30. The number of alkyl halides is 3. The number of halogens is 5. The lowest BCUT2D eigenvalue weighted by Crippen LogP contribution is -2.42. The van der Waals surface area contributed by atoms with Crippen LogP contribution >= 0.6 is 11.6 Å². The molecule has 0 saturated carbocycles. The number of carbonyl (C=O) groups is 1. The summed E-state index contributed by atoms with van der Waals surface area (Å²) < 4.78 is 58.9. The Morgan fingerprint density at radius 1 is 1.09 bits per heavy atom. The Labute approximate surface area is 201 Å². The van der Waals surface area contributed by atoms with E-state index in [1.54, 1.807) is 37.3 Å². The van der Waals surface area contributed by atoms with E-state index in [4.69, 9.17) is 11.6 Å². The van der Waals surface area contributed by atoms with Crippen LogP contribution in [0.15, 0.2) is 48.5 Å². The largest absolute Gasteiger partial charge is 0.431 e. The molecule has 8 heteroatoms. The van der Waals surface area contributed by atoms with Crippen molar-refractivity contribution in [1.82, 2.24) is 9.88 Å². The molecule has 3 rings (SSSR count). The summed E-state index contributed by atoms with van der Waals surface area (Å²) in [5, 5.41) is 2.92. The Hall–Kier alpha value is -2.80. The number of benzene rings is 2. The van der Waals surface area contributed by atoms with E-state index in [1.165, 1.54) is 19.1 Å². The molecule has 0 aliphatic rings. The summed E-state index contributed by atoms with van der Waals surface area (Å²) in [4.78, 5) is 13.5. The van der Waals surface area contributed by atoms with E-state index in [0.717, 1.165) is 10.6 Å². The Morgan fingerprint density at radius 2 is 1.71 bits per heavy atom. The number of aromatic nitrogens is 1. The monoisotopic (exact) mass is 494 g/mol. The fraction of sp³-hybridized carbons (Fsp3) is 0.346. The van der Waals surface area contributed by atoms with Gasteiger partial charge >= 0.3 is 6.18 Å². The molecule has 1 heterocycles. The van der Waals surface area contributed by atoms with Crippen molar-refractivity contribution in [1.29, 1.82) is 0 Å². The van der Waals surface area contributed by atoms with Gasteiger partial charge < -0.3 is 9.88 Å². The molecule has 1 aromatic heterocycles. The van der Waals surface area contributed by atoms with Crippen LogP contribution in [0.1, 0.15) is 55.0 Å². The van der Waals surface area contributed by atoms with Gasteiger partial charge in [0.05, 0.1) is 0 Å². The van der Waals surface area contributed by atoms with Gasteiger partial charge in [0.15, 0.2) is 0 Å². The van der Waals surface area contributed by atoms with Crippen molar-refractivity contribution in [3.63, 3.8) is 0 Å². The van der Waals surface area contributed by atoms with Gasteiger partial charge in [-0.3, -0.25) is 4.79 Å². The molecule has 1 amide bonds. The zero-order chi connectivity index (χ0) is 25.4. The molecule has 0 aliphatic carbocycles. The van der Waals surface area contributed by atoms with E-state index in [1.807, 2.05) is 20.8 Å². The minimum Gasteiger partial charge on any atom is -0.348 e. The summed E-state index contributed by atoms with van der Waals surface area (Å²) in [5.74, 6) is -1.51. The molecule has 3 nitrogen and oxygen atoms in total. The molecule has 0 aliphatic heterocycles. The number of amides is 1. The first kappa shape index (κ1) is 25.8. The second-order valence-corrected chi connectivity index (χ2v) is 9.89. The quantitative estimate of drug-likeness (QED) is 0.366. The zero-order valence-corrected chi connectivity index (χ0v) is 20.4. The molecule has 0 bridgehead atoms. The van der Waals surface area contributed by atoms with Crippen LogP contribution in [-0.2, 0) is 12.7 Å². The smallest absolute Gasteiger partial charge is 0.348 e. The lowest BCUT2D eigenvalue weighted by atomic mass is 9.88. The van der Waals surface area contributed by atoms with E-state index in [0.29, 0.717) is 5.56 Å². The highest BCUT2D eigenvalue weighted by Gasteiger charge is 2.42. The van der Waals surface area contributed by atoms with Gasteiger partial charge in [-0.1, -0.05) is 62.7 Å². The Morgan fingerprint density at radius 3 is 2.24 bits per heavy atom. The normalized spacial score (nSPS) is 13.1. The second kappa shape index (κ2) is 9.45. The average molecular weight is 495 g/mol. The van der Waals surface area contributed by atoms with Crippen molar-refractivity contribution in [3.8, 4) is 11.1 Å². The van der Waals surface area contributed by atoms with Gasteiger partial charge in [0.2, 0.25) is 0 Å². The summed E-state index contributed by atoms with van der Waals surface area (Å²) in [7, 11) is 0. The molecule has 1 atom stereocenters. The molecule has 34 heavy (non-hydrogen) atoms. The van der Waals surface area contributed by atoms with Crippen LogP contribution in [0.2, 0.25) is 5.02 Å². The summed E-state index contributed by atoms with van der Waals surface area (Å²) in [5.41, 5.74) is -1.45. The highest BCUT2D eigenvalue weighted by atomic mass is 35.5. The van der Waals surface area contributed by atoms with Crippen LogP contribution < -0.4 is 5.32 Å². The third-order valence-corrected chi connectivity index (χ3v) is 6.26. The van der Waals surface area contributed by atoms with Crippen LogP contribution in [0.5, 0.6) is 0 Å². The first-order valence-corrected chi connectivity index (χ1v) is 11.2. The van der Waals surface area contributed by atoms with Crippen molar-refractivity contribution < 1.29 is 22.4 Å². The lowest BCUT2D eigenvalue weighted by Gasteiger charge is -2.28. The van der Waals surface area contributed by atoms with Crippen LogP contribution in [0, 0.1) is 18.2 Å². The van der Waals surface area contributed by atoms with Crippen LogP contribution in [-0.4, -0.2) is 16.5 Å². The van der Waals surface area contributed by atoms with E-state index >= 15 is 0 Å². The van der Waals surface area contributed by atoms with Crippen molar-refractivity contribution >= 4 is 17.5 Å². The van der Waals surface area contributed by atoms with Crippen molar-refractivity contribution in [2.75, 3.05) is 0 Å². The summed E-state index contributed by atoms with van der Waals surface area (Å²) in [6.07, 6.45) is -4.77. The molecular weight excluding hydrogens is 468 g/mol. The van der Waals surface area contributed by atoms with E-state index in [-0.39, 0.29) is 45.4 Å². The predicted molar refractivity (Wildman–Crippen MR) is 127 cm³/mol. The molecule has 2 aromatic carbocycles. The van der Waals surface area contributed by atoms with Gasteiger partial charge in [0, 0.05) is 28.7 Å². The van der Waals surface area contributed by atoms with Gasteiger partial charge in [0.1, 0.15) is 17.2 Å². The molecule has 0 radical (unpaired) electrons. The average Bonchev–Trinajstić information content (AvgIpc) is 3.00. The van der Waals surface area contributed by atoms with Gasteiger partial charge in [-0.15, -0.1) is 0 Å². The Bertz CT molecular complexity index is 1190. The highest BCUT2D eigenvalue weighted by Crippen LogP contribution is 2.42. The molecule has 182 valence electrons. The zero-order valence-electron chi connectivity index (χ0n) is 19.6. The van der Waals surface area contributed by atoms with Crippen LogP contribution in [0.3, 0.4) is 0 Å². The SMILES string of the molecule is Cc1c(-c2ccc(Cl)cc2F)c(C(=O)NC(C)C(C)(C)C)n(Cc2ccccc2)c1C(F)(F)F. The minimum absolute atomic E-state index is 0.101. The van der Waals surface area contributed by atoms with E-state index in [2.05, 4.69) is 5.32 Å². The highest BCUT2D eigenvalue weighted by molar-refractivity contribution is 6.30. The number of nitrogens with zero attached hydrogens (tertiary/aromatic N) is 1. The molecular formula is C26H27ClF4N2O. The molecule has 0 spiro atoms. The number of rotatable bonds is 5. The molecule has 1 unspecified atom stereocenters. The maximum atomic E-state index is 15.0. The summed E-state index contributed by atoms with van der Waals surface area (Å²) >= 11 is 5.88. The van der Waals surface area contributed by atoms with Crippen LogP contribution in [0.25, 0.3) is 11.1 Å². The fourth-order valence-electron chi connectivity index (χ4n) is 3.77. The molecule has 1 N–H and O–H groups in total. The molecule has 0 fully saturated rings. The topological polar surface area (TPSA) is 34.0 Å². The maximum Gasteiger partial charge on any atom is 0.431 e. The first-order valence-electron chi connectivity index (χ1n) is 10.8. The Kier molecular flexibility index (Phi) is 7.18. The first-order chi connectivity index (χ1) is 15.7. The molecule has 3 aromatic rings. The summed E-state index contributed by atoms with van der Waals surface area (Å²) in [6.45, 7) is 8.56. The standard InChI is InChI=1S/C26H27ClF4N2O/c1-15-21(19-12-11-18(27)13-20(19)28)22(24(34)32-16(2)25(3,4)5)33(23(15)26(29,30)31)14-17-9-7-6-8-10-17/h6-13,16H,14H2,1-5H3,(H,32,34). The van der Waals surface area contributed by atoms with Crippen molar-refractivity contribution in [2.24, 2.45) is 5.41 Å². The number of carbonyl (C=O) groups excluding carboxylic acids is 1. The maximum absolute atomic E-state index is 15.0. The Balaban J connectivity index is 2.34. The second-order valence-electron chi connectivity index (χ2n) is 9.45. The van der Waals surface area contributed by atoms with Gasteiger partial charge in [-0.05, 0) is 48.6 Å². The fourth-order valence-corrected chi connectivity index (χ4v) is 3.93. The van der Waals surface area contributed by atoms with Crippen molar-refractivity contribution in [2.45, 2.75) is 53.4 Å². The van der Waals surface area contributed by atoms with Crippen molar-refractivity contribution in [3.05, 3.63) is 81.9 Å². The van der Waals surface area contributed by atoms with Crippen LogP contribution in [0.4, 0.5) is 17.6 Å². The third-order valence-electron chi connectivity index (χ3n) is 6.02. The number of hydrogen-bond donors (Lipinski definition) is 1.